The number of fused-ring (bicyclic) bond motifs is 2. The Balaban J connectivity index is 1.53. The number of hydrogen-bond donors (Lipinski definition) is 0. The minimum Gasteiger partial charge on any atom is -0.748 e. The summed E-state index contributed by atoms with van der Waals surface area (Å²) >= 11 is 0. The van der Waals surface area contributed by atoms with E-state index >= 15 is 0 Å². The van der Waals surface area contributed by atoms with Gasteiger partial charge in [-0.3, -0.25) is 9.59 Å². The first-order chi connectivity index (χ1) is 22.5. The first kappa shape index (κ1) is 33.6. The number of amides is 2. The molecule has 13 nitrogen and oxygen atoms in total. The molecule has 4 aromatic rings. The number of nitrogens with zero attached hydrogens (tertiary/aromatic N) is 2. The first-order valence-corrected chi connectivity index (χ1v) is 16.3. The Morgan fingerprint density at radius 1 is 0.915 bits per heavy atom. The molecule has 0 saturated carbocycles. The van der Waals surface area contributed by atoms with Crippen LogP contribution >= 0.6 is 0 Å². The molecule has 1 aliphatic rings. The third kappa shape index (κ3) is 7.63. The lowest BCUT2D eigenvalue weighted by Crippen LogP contribution is -2.37. The predicted octanol–water partition coefficient (Wildman–Crippen LogP) is 3.13. The van der Waals surface area contributed by atoms with Gasteiger partial charge in [-0.15, -0.1) is 5.06 Å². The fraction of sp³-hybridized carbons (Fsp3) is 0.303. The Bertz CT molecular complexity index is 1920. The maximum absolute atomic E-state index is 14.1. The Morgan fingerprint density at radius 2 is 1.53 bits per heavy atom. The summed E-state index contributed by atoms with van der Waals surface area (Å²) in [7, 11) is -2.89. The van der Waals surface area contributed by atoms with E-state index in [0.717, 1.165) is 0 Å². The van der Waals surface area contributed by atoms with Gasteiger partial charge in [0.1, 0.15) is 5.75 Å². The highest BCUT2D eigenvalue weighted by Gasteiger charge is 2.34. The van der Waals surface area contributed by atoms with Gasteiger partial charge in [-0.1, -0.05) is 24.3 Å². The van der Waals surface area contributed by atoms with Crippen molar-refractivity contribution in [3.05, 3.63) is 82.9 Å². The van der Waals surface area contributed by atoms with Crippen LogP contribution in [0.25, 0.3) is 21.8 Å². The fourth-order valence-corrected chi connectivity index (χ4v) is 5.94. The van der Waals surface area contributed by atoms with Crippen LogP contribution in [0, 0.1) is 6.92 Å². The highest BCUT2D eigenvalue weighted by molar-refractivity contribution is 7.85. The number of esters is 1. The minimum atomic E-state index is -4.41. The van der Waals surface area contributed by atoms with Crippen LogP contribution in [0.3, 0.4) is 0 Å². The summed E-state index contributed by atoms with van der Waals surface area (Å²) in [5.41, 5.74) is 2.24. The lowest BCUT2D eigenvalue weighted by atomic mass is 10.0. The third-order valence-electron chi connectivity index (χ3n) is 7.56. The summed E-state index contributed by atoms with van der Waals surface area (Å²) < 4.78 is 52.5. The van der Waals surface area contributed by atoms with Gasteiger partial charge in [0.05, 0.1) is 51.8 Å². The summed E-state index contributed by atoms with van der Waals surface area (Å²) in [6.45, 7) is 2.26. The molecule has 0 spiro atoms. The van der Waals surface area contributed by atoms with Gasteiger partial charge in [0.25, 0.3) is 11.8 Å². The van der Waals surface area contributed by atoms with Crippen LogP contribution in [0.15, 0.2) is 60.7 Å². The smallest absolute Gasteiger partial charge is 0.363 e. The number of ether oxygens (including phenoxy) is 3. The van der Waals surface area contributed by atoms with E-state index in [9.17, 15) is 32.1 Å². The number of aromatic nitrogens is 1. The Morgan fingerprint density at radius 3 is 2.13 bits per heavy atom. The monoisotopic (exact) mass is 664 g/mol. The topological polar surface area (TPSA) is 170 Å². The molecule has 0 aliphatic carbocycles. The van der Waals surface area contributed by atoms with E-state index in [-0.39, 0.29) is 62.5 Å². The van der Waals surface area contributed by atoms with Crippen molar-refractivity contribution in [1.29, 1.82) is 0 Å². The van der Waals surface area contributed by atoms with Crippen molar-refractivity contribution < 1.29 is 55.8 Å². The molecular formula is C33H32N2O11S. The summed E-state index contributed by atoms with van der Waals surface area (Å²) in [5, 5.41) is 1.53. The highest BCUT2D eigenvalue weighted by atomic mass is 32.2. The number of methoxy groups -OCH3 is 1. The van der Waals surface area contributed by atoms with E-state index < -0.39 is 39.6 Å². The molecule has 1 saturated heterocycles. The molecular weight excluding hydrogens is 632 g/mol. The standard InChI is InChI=1S/C33H32N2O11S/c1-21-18-22(32(38)46-35-28(36)12-13-29(35)37)19-23(20-44-16-15-43-2)31(21)45-33(39)30-24-8-3-5-10-26(24)34(14-7-17-47(40,41)42)27-11-6-4-9-25(27)30/h3-6,8-11,18-19H,7,12-17,20H2,1-2H3. The predicted molar refractivity (Wildman–Crippen MR) is 165 cm³/mol. The fourth-order valence-electron chi connectivity index (χ4n) is 5.46. The number of imide groups is 1. The second-order valence-electron chi connectivity index (χ2n) is 10.9. The zero-order chi connectivity index (χ0) is 33.7. The van der Waals surface area contributed by atoms with Crippen LogP contribution < -0.4 is 9.30 Å². The van der Waals surface area contributed by atoms with Gasteiger partial charge in [0.2, 0.25) is 11.0 Å². The van der Waals surface area contributed by atoms with Crippen molar-refractivity contribution >= 4 is 55.7 Å². The quantitative estimate of drug-likeness (QED) is 0.0391. The average molecular weight is 665 g/mol. The molecule has 0 atom stereocenters. The van der Waals surface area contributed by atoms with Crippen molar-refractivity contribution in [1.82, 2.24) is 5.06 Å². The maximum Gasteiger partial charge on any atom is 0.363 e. The van der Waals surface area contributed by atoms with Gasteiger partial charge in [-0.05, 0) is 36.8 Å². The molecule has 47 heavy (non-hydrogen) atoms. The van der Waals surface area contributed by atoms with E-state index in [1.807, 2.05) is 4.57 Å². The van der Waals surface area contributed by atoms with Crippen LogP contribution in [0.4, 0.5) is 0 Å². The third-order valence-corrected chi connectivity index (χ3v) is 8.35. The molecule has 1 aromatic heterocycles. The Hall–Kier alpha value is -4.76. The van der Waals surface area contributed by atoms with Gasteiger partial charge in [-0.2, -0.15) is 4.57 Å². The lowest BCUT2D eigenvalue weighted by Gasteiger charge is -2.17. The number of aryl methyl sites for hydroxylation is 2. The van der Waals surface area contributed by atoms with Gasteiger partial charge in [0, 0.05) is 49.8 Å². The zero-order valence-corrected chi connectivity index (χ0v) is 26.5. The van der Waals surface area contributed by atoms with Crippen LogP contribution in [0.2, 0.25) is 0 Å². The largest absolute Gasteiger partial charge is 0.748 e. The Labute approximate surface area is 270 Å². The molecule has 2 amide bonds. The number of carbonyl (C=O) groups is 4. The molecule has 0 unspecified atom stereocenters. The number of hydroxylamine groups is 2. The van der Waals surface area contributed by atoms with Crippen LogP contribution in [-0.2, 0) is 47.2 Å². The molecule has 14 heteroatoms. The second-order valence-corrected chi connectivity index (χ2v) is 12.4. The highest BCUT2D eigenvalue weighted by Crippen LogP contribution is 2.31. The van der Waals surface area contributed by atoms with Gasteiger partial charge in [-0.25, -0.2) is 18.0 Å². The number of carbonyl (C=O) groups excluding carboxylic acids is 4. The number of rotatable bonds is 13. The maximum atomic E-state index is 14.1. The van der Waals surface area contributed by atoms with E-state index in [1.54, 1.807) is 55.5 Å². The summed E-state index contributed by atoms with van der Waals surface area (Å²) in [6, 6.07) is 17.0. The first-order valence-electron chi connectivity index (χ1n) is 14.8. The average Bonchev–Trinajstić information content (AvgIpc) is 3.35. The van der Waals surface area contributed by atoms with E-state index in [1.165, 1.54) is 19.2 Å². The summed E-state index contributed by atoms with van der Waals surface area (Å²) in [6.07, 6.45) is -0.0260. The van der Waals surface area contributed by atoms with Crippen molar-refractivity contribution in [3.8, 4) is 5.75 Å². The molecule has 1 aliphatic heterocycles. The second kappa shape index (κ2) is 14.3. The van der Waals surface area contributed by atoms with E-state index in [4.69, 9.17) is 19.0 Å². The molecule has 0 N–H and O–H groups in total. The molecule has 1 fully saturated rings. The van der Waals surface area contributed by atoms with Crippen molar-refractivity contribution in [2.75, 3.05) is 26.1 Å². The molecule has 2 heterocycles. The van der Waals surface area contributed by atoms with Crippen molar-refractivity contribution in [2.45, 2.75) is 39.3 Å². The zero-order valence-electron chi connectivity index (χ0n) is 25.7. The van der Waals surface area contributed by atoms with E-state index in [2.05, 4.69) is 0 Å². The normalized spacial score (nSPS) is 13.5. The SMILES string of the molecule is COCCOCc1cc(C(=O)ON2C(=O)CCC2=O)cc(C)c1OC(=O)c1c2ccccc2[n+](CCCS(=O)(=O)[O-])c2ccccc12. The van der Waals surface area contributed by atoms with E-state index in [0.29, 0.717) is 38.0 Å². The number of pyridine rings is 1. The summed E-state index contributed by atoms with van der Waals surface area (Å²) in [4.78, 5) is 56.2. The minimum absolute atomic E-state index is 0.0110. The molecule has 0 radical (unpaired) electrons. The number of benzene rings is 3. The van der Waals surface area contributed by atoms with Crippen molar-refractivity contribution in [2.24, 2.45) is 0 Å². The van der Waals surface area contributed by atoms with Crippen LogP contribution in [0.1, 0.15) is 51.1 Å². The molecule has 246 valence electrons. The van der Waals surface area contributed by atoms with Gasteiger partial charge in [0.15, 0.2) is 6.54 Å². The number of hydrogen-bond acceptors (Lipinski definition) is 11. The molecule has 5 rings (SSSR count). The van der Waals surface area contributed by atoms with Gasteiger partial charge >= 0.3 is 11.9 Å². The Kier molecular flexibility index (Phi) is 10.3. The van der Waals surface area contributed by atoms with Crippen LogP contribution in [-0.4, -0.2) is 67.9 Å². The summed E-state index contributed by atoms with van der Waals surface area (Å²) in [5.74, 6) is -3.27. The molecule has 0 bridgehead atoms. The van der Waals surface area contributed by atoms with Crippen molar-refractivity contribution in [3.63, 3.8) is 0 Å². The number of para-hydroxylation sites is 2. The lowest BCUT2D eigenvalue weighted by molar-refractivity contribution is -0.645. The van der Waals surface area contributed by atoms with Gasteiger partial charge < -0.3 is 23.6 Å². The van der Waals surface area contributed by atoms with Crippen LogP contribution in [0.5, 0.6) is 5.75 Å². The molecule has 3 aromatic carbocycles.